The molecule has 3 unspecified atom stereocenters. The van der Waals surface area contributed by atoms with Gasteiger partial charge in [-0.05, 0) is 109 Å². The summed E-state index contributed by atoms with van der Waals surface area (Å²) in [5.74, 6) is 3.80. The Kier molecular flexibility index (Phi) is 10.3. The second kappa shape index (κ2) is 16.1. The third-order valence-corrected chi connectivity index (χ3v) is 12.6. The van der Waals surface area contributed by atoms with Crippen LogP contribution in [0.15, 0.2) is 150 Å². The number of rotatable bonds is 8. The van der Waals surface area contributed by atoms with Crippen LogP contribution in [0.25, 0.3) is 28.3 Å². The number of allylic oxidation sites excluding steroid dienone is 11. The monoisotopic (exact) mass is 708 g/mol. The topological polar surface area (TPSA) is 50.7 Å². The molecule has 4 nitrogen and oxygen atoms in total. The van der Waals surface area contributed by atoms with Crippen molar-refractivity contribution in [2.24, 2.45) is 5.92 Å². The van der Waals surface area contributed by atoms with Crippen LogP contribution in [-0.4, -0.2) is 21.0 Å². The fraction of sp³-hybridized carbons (Fsp3) is 0.340. The van der Waals surface area contributed by atoms with Gasteiger partial charge in [0.1, 0.15) is 0 Å². The standard InChI is InChI=1S/C50H52N4/c1-6-16-35(17-7-1)36-26-28-41(29-27-36)49-52-48(40-24-14-5-15-25-40)53-50(54-49)42-30-31-43(45(34-42)37-18-8-2-9-19-37)44-32-33-46(38-20-10-3-11-21-38)51-47(44)39-22-12-4-13-23-39/h2-5,8-10,12,14-15,18-19,22,24-31,35,38,45-46,51H,1,6-7,11,13,16-17,20-21,23,32-34H2. The van der Waals surface area contributed by atoms with Crippen molar-refractivity contribution in [2.45, 2.75) is 101 Å². The highest BCUT2D eigenvalue weighted by Crippen LogP contribution is 2.46. The summed E-state index contributed by atoms with van der Waals surface area (Å²) >= 11 is 0. The maximum absolute atomic E-state index is 5.24. The largest absolute Gasteiger partial charge is 0.382 e. The van der Waals surface area contributed by atoms with Gasteiger partial charge >= 0.3 is 0 Å². The van der Waals surface area contributed by atoms with Crippen LogP contribution >= 0.6 is 0 Å². The number of aromatic nitrogens is 3. The van der Waals surface area contributed by atoms with E-state index in [0.717, 1.165) is 59.9 Å². The van der Waals surface area contributed by atoms with Gasteiger partial charge in [-0.25, -0.2) is 15.0 Å². The molecule has 0 bridgehead atoms. The van der Waals surface area contributed by atoms with Gasteiger partial charge in [0.15, 0.2) is 17.5 Å². The molecule has 1 N–H and O–H groups in total. The Bertz CT molecular complexity index is 2130. The van der Waals surface area contributed by atoms with Gasteiger partial charge in [0, 0.05) is 28.8 Å². The summed E-state index contributed by atoms with van der Waals surface area (Å²) in [4.78, 5) is 15.5. The lowest BCUT2D eigenvalue weighted by atomic mass is 9.73. The predicted octanol–water partition coefficient (Wildman–Crippen LogP) is 12.4. The molecule has 4 aliphatic carbocycles. The van der Waals surface area contributed by atoms with Crippen molar-refractivity contribution >= 4 is 5.57 Å². The third-order valence-electron chi connectivity index (χ3n) is 12.6. The van der Waals surface area contributed by atoms with E-state index in [1.165, 1.54) is 91.3 Å². The van der Waals surface area contributed by atoms with Crippen molar-refractivity contribution in [1.29, 1.82) is 0 Å². The van der Waals surface area contributed by atoms with Crippen LogP contribution in [0.2, 0.25) is 0 Å². The van der Waals surface area contributed by atoms with Gasteiger partial charge in [-0.3, -0.25) is 0 Å². The van der Waals surface area contributed by atoms with E-state index >= 15 is 0 Å². The zero-order chi connectivity index (χ0) is 36.1. The quantitative estimate of drug-likeness (QED) is 0.185. The first-order valence-corrected chi connectivity index (χ1v) is 20.7. The average molecular weight is 709 g/mol. The molecule has 0 saturated heterocycles. The molecule has 54 heavy (non-hydrogen) atoms. The highest BCUT2D eigenvalue weighted by molar-refractivity contribution is 5.72. The zero-order valence-electron chi connectivity index (χ0n) is 31.5. The smallest absolute Gasteiger partial charge is 0.164 e. The number of hydrogen-bond donors (Lipinski definition) is 1. The fourth-order valence-electron chi connectivity index (χ4n) is 9.56. The Balaban J connectivity index is 1.12. The Morgan fingerprint density at radius 3 is 2.02 bits per heavy atom. The number of nitrogens with zero attached hydrogens (tertiary/aromatic N) is 3. The lowest BCUT2D eigenvalue weighted by Gasteiger charge is -2.39. The first-order valence-electron chi connectivity index (χ1n) is 20.7. The minimum Gasteiger partial charge on any atom is -0.382 e. The molecule has 1 aromatic heterocycles. The normalized spacial score (nSPS) is 23.3. The highest BCUT2D eigenvalue weighted by atomic mass is 15.0. The maximum atomic E-state index is 5.24. The van der Waals surface area contributed by atoms with E-state index in [-0.39, 0.29) is 5.92 Å². The number of benzene rings is 3. The molecule has 1 aliphatic heterocycles. The van der Waals surface area contributed by atoms with Crippen LogP contribution in [-0.2, 0) is 0 Å². The Labute approximate surface area is 321 Å². The summed E-state index contributed by atoms with van der Waals surface area (Å²) in [6.45, 7) is 0. The zero-order valence-corrected chi connectivity index (χ0v) is 31.5. The van der Waals surface area contributed by atoms with Crippen molar-refractivity contribution in [2.75, 3.05) is 0 Å². The van der Waals surface area contributed by atoms with Crippen LogP contribution < -0.4 is 5.32 Å². The number of hydrogen-bond acceptors (Lipinski definition) is 4. The Hall–Kier alpha value is -5.09. The third kappa shape index (κ3) is 7.49. The molecule has 4 aromatic rings. The average Bonchev–Trinajstić information content (AvgIpc) is 3.27. The molecular formula is C50H52N4. The Morgan fingerprint density at radius 1 is 0.556 bits per heavy atom. The van der Waals surface area contributed by atoms with Gasteiger partial charge in [-0.15, -0.1) is 0 Å². The van der Waals surface area contributed by atoms with Crippen molar-refractivity contribution in [1.82, 2.24) is 20.3 Å². The van der Waals surface area contributed by atoms with E-state index in [1.54, 1.807) is 0 Å². The van der Waals surface area contributed by atoms with Gasteiger partial charge in [-0.1, -0.05) is 147 Å². The molecule has 0 radical (unpaired) electrons. The van der Waals surface area contributed by atoms with Crippen LogP contribution in [0.1, 0.15) is 112 Å². The maximum Gasteiger partial charge on any atom is 0.164 e. The SMILES string of the molecule is C1=CCCC(C2=C(C3=CC=C(c4nc(-c5ccccc5)nc(-c5ccc(C6CCCCC6)cc5)n4)CC3c3ccccc3)CCC(C3CC=CCC3)N2)=C1. The van der Waals surface area contributed by atoms with Gasteiger partial charge in [0.25, 0.3) is 0 Å². The predicted molar refractivity (Wildman–Crippen MR) is 223 cm³/mol. The molecule has 3 aromatic carbocycles. The Morgan fingerprint density at radius 2 is 1.30 bits per heavy atom. The highest BCUT2D eigenvalue weighted by Gasteiger charge is 2.33. The number of nitrogens with one attached hydrogen (secondary N) is 1. The molecule has 3 atom stereocenters. The van der Waals surface area contributed by atoms with Crippen LogP contribution in [0.3, 0.4) is 0 Å². The first-order chi connectivity index (χ1) is 26.8. The van der Waals surface area contributed by atoms with E-state index in [2.05, 4.69) is 127 Å². The van der Waals surface area contributed by atoms with Crippen molar-refractivity contribution in [3.63, 3.8) is 0 Å². The van der Waals surface area contributed by atoms with Crippen molar-refractivity contribution < 1.29 is 0 Å². The lowest BCUT2D eigenvalue weighted by molar-refractivity contribution is 0.321. The summed E-state index contributed by atoms with van der Waals surface area (Å²) in [5, 5.41) is 4.18. The van der Waals surface area contributed by atoms with Gasteiger partial charge in [0.05, 0.1) is 0 Å². The van der Waals surface area contributed by atoms with Gasteiger partial charge in [-0.2, -0.15) is 0 Å². The summed E-state index contributed by atoms with van der Waals surface area (Å²) in [7, 11) is 0. The van der Waals surface area contributed by atoms with Crippen molar-refractivity contribution in [3.8, 4) is 22.8 Å². The molecule has 272 valence electrons. The van der Waals surface area contributed by atoms with E-state index in [9.17, 15) is 0 Å². The van der Waals surface area contributed by atoms with Gasteiger partial charge < -0.3 is 5.32 Å². The van der Waals surface area contributed by atoms with Crippen molar-refractivity contribution in [3.05, 3.63) is 167 Å². The minimum absolute atomic E-state index is 0.196. The molecule has 5 aliphatic rings. The van der Waals surface area contributed by atoms with E-state index < -0.39 is 0 Å². The lowest BCUT2D eigenvalue weighted by Crippen LogP contribution is -2.40. The molecule has 1 saturated carbocycles. The van der Waals surface area contributed by atoms with Crippen LogP contribution in [0.5, 0.6) is 0 Å². The summed E-state index contributed by atoms with van der Waals surface area (Å²) < 4.78 is 0. The van der Waals surface area contributed by atoms with Crippen LogP contribution in [0, 0.1) is 5.92 Å². The minimum atomic E-state index is 0.196. The molecule has 0 spiro atoms. The molecule has 1 fully saturated rings. The van der Waals surface area contributed by atoms with Gasteiger partial charge in [0.2, 0.25) is 0 Å². The molecule has 0 amide bonds. The summed E-state index contributed by atoms with van der Waals surface area (Å²) in [5.41, 5.74) is 11.8. The molecular weight excluding hydrogens is 657 g/mol. The molecule has 9 rings (SSSR count). The molecule has 2 heterocycles. The first kappa shape index (κ1) is 34.7. The fourth-order valence-corrected chi connectivity index (χ4v) is 9.56. The summed E-state index contributed by atoms with van der Waals surface area (Å²) in [6.07, 6.45) is 32.0. The second-order valence-electron chi connectivity index (χ2n) is 16.0. The van der Waals surface area contributed by atoms with E-state index in [1.807, 2.05) is 6.07 Å². The summed E-state index contributed by atoms with van der Waals surface area (Å²) in [6, 6.07) is 31.1. The van der Waals surface area contributed by atoms with E-state index in [0.29, 0.717) is 17.9 Å². The second-order valence-corrected chi connectivity index (χ2v) is 16.0. The molecule has 4 heteroatoms. The van der Waals surface area contributed by atoms with E-state index in [4.69, 9.17) is 15.0 Å². The van der Waals surface area contributed by atoms with Crippen LogP contribution in [0.4, 0.5) is 0 Å².